The zero-order valence-electron chi connectivity index (χ0n) is 50.8. The first-order valence-corrected chi connectivity index (χ1v) is 29.5. The number of carbonyl (C=O) groups excluding carboxylic acids is 14. The number of ether oxygens (including phenoxy) is 2. The molecule has 3 aromatic carbocycles. The van der Waals surface area contributed by atoms with E-state index in [0.717, 1.165) is 33.6 Å². The minimum absolute atomic E-state index is 0.0340. The predicted octanol–water partition coefficient (Wildman–Crippen LogP) is 4.45. The van der Waals surface area contributed by atoms with Crippen molar-refractivity contribution in [2.45, 2.75) is 167 Å². The lowest BCUT2D eigenvalue weighted by Crippen LogP contribution is -2.54. The Labute approximate surface area is 517 Å². The van der Waals surface area contributed by atoms with Gasteiger partial charge in [0.15, 0.2) is 0 Å². The number of aliphatic carboxylic acids is 1. The molecule has 0 saturated carbocycles. The van der Waals surface area contributed by atoms with Gasteiger partial charge in [-0.1, -0.05) is 18.2 Å². The molecule has 0 radical (unpaired) electrons. The van der Waals surface area contributed by atoms with E-state index in [-0.39, 0.29) is 95.9 Å². The summed E-state index contributed by atoms with van der Waals surface area (Å²) in [4.78, 5) is 181. The molecule has 0 aliphatic carbocycles. The van der Waals surface area contributed by atoms with Gasteiger partial charge < -0.3 is 30.9 Å². The fourth-order valence-corrected chi connectivity index (χ4v) is 10.2. The highest BCUT2D eigenvalue weighted by Gasteiger charge is 2.48. The van der Waals surface area contributed by atoms with Gasteiger partial charge in [-0.05, 0) is 142 Å². The Morgan fingerprint density at radius 3 is 1.17 bits per heavy atom. The number of nitrogens with two attached hydrogens (primary N) is 1. The van der Waals surface area contributed by atoms with E-state index in [1.165, 1.54) is 18.2 Å². The molecule has 3 fully saturated rings. The topological polar surface area (TPSA) is 391 Å². The number of unbranched alkanes of at least 4 members (excludes halogenated alkanes) is 3. The monoisotopic (exact) mass is 1250 g/mol. The van der Waals surface area contributed by atoms with Gasteiger partial charge in [0, 0.05) is 63.0 Å². The second-order valence-corrected chi connectivity index (χ2v) is 23.5. The number of carbonyl (C=O) groups is 15. The number of nitrogens with one attached hydrogen (secondary N) is 5. The average molecular weight is 1250 g/mol. The van der Waals surface area contributed by atoms with Crippen LogP contribution in [0, 0.1) is 5.82 Å². The maximum absolute atomic E-state index is 13.7. The number of nitrogens with zero attached hydrogens (tertiary/aromatic N) is 3. The van der Waals surface area contributed by atoms with Crippen molar-refractivity contribution in [1.82, 2.24) is 30.7 Å². The number of amides is 12. The molecule has 12 amide bonds. The number of anilines is 2. The molecule has 0 spiro atoms. The van der Waals surface area contributed by atoms with Crippen molar-refractivity contribution < 1.29 is 90.9 Å². The SMILES string of the molecule is CC(C)(C)OC(=O)CCCCN.CC(C)(C)OC(=O)CCCCNc1cccc2c1C(=O)N(C1CCC(=O)NC1=O)C2=O.O=C(O)CCCCNc1cccc2c1C(=O)N(C1CCC(=O)NC1=O)C2=O.O=C1CCC(N2C(=O)c3cccc(F)c3C2=O)C(=O)N1. The number of rotatable bonds is 19. The highest BCUT2D eigenvalue weighted by molar-refractivity contribution is 6.27. The van der Waals surface area contributed by atoms with E-state index in [1.54, 1.807) is 30.3 Å². The van der Waals surface area contributed by atoms with Gasteiger partial charge in [0.2, 0.25) is 35.4 Å². The van der Waals surface area contributed by atoms with E-state index in [9.17, 15) is 76.3 Å². The van der Waals surface area contributed by atoms with Crippen LogP contribution in [0.25, 0.3) is 0 Å². The smallest absolute Gasteiger partial charge is 0.306 e. The van der Waals surface area contributed by atoms with Crippen molar-refractivity contribution in [1.29, 1.82) is 0 Å². The number of carboxylic acids is 1. The summed E-state index contributed by atoms with van der Waals surface area (Å²) in [6, 6.07) is 10.4. The first kappa shape index (κ1) is 69.5. The highest BCUT2D eigenvalue weighted by atomic mass is 19.1. The average Bonchev–Trinajstić information content (AvgIpc) is 1.71. The van der Waals surface area contributed by atoms with E-state index in [1.807, 2.05) is 41.5 Å². The van der Waals surface area contributed by atoms with Crippen molar-refractivity contribution in [3.05, 3.63) is 93.8 Å². The summed E-state index contributed by atoms with van der Waals surface area (Å²) in [7, 11) is 0. The van der Waals surface area contributed by atoms with Gasteiger partial charge in [0.1, 0.15) is 35.1 Å². The molecule has 6 heterocycles. The molecule has 28 heteroatoms. The number of piperidine rings is 3. The number of fused-ring (bicyclic) bond motifs is 3. The van der Waals surface area contributed by atoms with Gasteiger partial charge in [-0.25, -0.2) is 4.39 Å². The van der Waals surface area contributed by atoms with Gasteiger partial charge in [0.25, 0.3) is 35.4 Å². The number of esters is 2. The molecular formula is C62H74FN9O18. The summed E-state index contributed by atoms with van der Waals surface area (Å²) in [5, 5.41) is 21.3. The van der Waals surface area contributed by atoms with E-state index in [2.05, 4.69) is 26.6 Å². The highest BCUT2D eigenvalue weighted by Crippen LogP contribution is 2.35. The van der Waals surface area contributed by atoms with Crippen LogP contribution < -0.4 is 32.3 Å². The van der Waals surface area contributed by atoms with Crippen molar-refractivity contribution in [3.8, 4) is 0 Å². The Morgan fingerprint density at radius 2 is 0.833 bits per heavy atom. The summed E-state index contributed by atoms with van der Waals surface area (Å²) in [5.41, 5.74) is 5.88. The Balaban J connectivity index is 0.000000200. The zero-order valence-corrected chi connectivity index (χ0v) is 50.8. The molecule has 6 aliphatic heterocycles. The van der Waals surface area contributed by atoms with Crippen molar-refractivity contribution in [3.63, 3.8) is 0 Å². The lowest BCUT2D eigenvalue weighted by Gasteiger charge is -2.27. The van der Waals surface area contributed by atoms with Crippen molar-refractivity contribution >= 4 is 100 Å². The fourth-order valence-electron chi connectivity index (χ4n) is 10.2. The molecule has 6 aliphatic rings. The normalized spacial score (nSPS) is 18.6. The summed E-state index contributed by atoms with van der Waals surface area (Å²) in [6.07, 6.45) is 5.38. The third-order valence-electron chi connectivity index (χ3n) is 14.3. The summed E-state index contributed by atoms with van der Waals surface area (Å²) in [6.45, 7) is 12.7. The summed E-state index contributed by atoms with van der Waals surface area (Å²) >= 11 is 0. The van der Waals surface area contributed by atoms with Crippen LogP contribution in [0.5, 0.6) is 0 Å². The van der Waals surface area contributed by atoms with Crippen LogP contribution in [-0.4, -0.2) is 158 Å². The van der Waals surface area contributed by atoms with Gasteiger partial charge in [-0.2, -0.15) is 0 Å². The molecule has 90 heavy (non-hydrogen) atoms. The van der Waals surface area contributed by atoms with Crippen molar-refractivity contribution in [2.75, 3.05) is 30.3 Å². The van der Waals surface area contributed by atoms with Gasteiger partial charge in [-0.15, -0.1) is 0 Å². The molecule has 0 bridgehead atoms. The number of hydrogen-bond donors (Lipinski definition) is 7. The van der Waals surface area contributed by atoms with Crippen molar-refractivity contribution in [2.24, 2.45) is 5.73 Å². The predicted molar refractivity (Wildman–Crippen MR) is 316 cm³/mol. The van der Waals surface area contributed by atoms with Gasteiger partial charge in [0.05, 0.1) is 33.4 Å². The standard InChI is InChI=1S/C22H27N3O6.C18H19N3O6.C13H9FN2O4.C9H19NO2/c1-22(2,3)31-17(27)9-4-5-12-23-14-8-6-7-13-18(14)21(30)25(20(13)29)15-10-11-16(26)24-19(15)28;22-13-8-7-12(16(25)20-13)21-17(26)10-4-3-5-11(15(10)18(21)27)19-9-2-1-6-14(23)24;14-7-3-1-2-6-10(7)13(20)16(12(6)19)8-4-5-9(17)15-11(8)18;1-9(2,3)12-8(11)6-4-5-7-10/h6-8,15,23H,4-5,9-12H2,1-3H3,(H,24,26,28);3-5,12,19H,1-2,6-9H2,(H,23,24)(H,20,22,25);1-3,8H,4-5H2,(H,15,17,18);4-7,10H2,1-3H3. The molecule has 3 saturated heterocycles. The number of imide groups is 6. The van der Waals surface area contributed by atoms with E-state index in [4.69, 9.17) is 20.3 Å². The first-order chi connectivity index (χ1) is 42.4. The maximum atomic E-state index is 13.7. The molecular weight excluding hydrogens is 1180 g/mol. The fraction of sp³-hybridized carbons (Fsp3) is 0.468. The Kier molecular flexibility index (Phi) is 23.6. The van der Waals surface area contributed by atoms with Crippen LogP contribution in [0.2, 0.25) is 0 Å². The molecule has 9 rings (SSSR count). The Hall–Kier alpha value is -9.60. The number of hydrogen-bond acceptors (Lipinski definition) is 20. The lowest BCUT2D eigenvalue weighted by atomic mass is 10.0. The molecule has 0 aromatic heterocycles. The molecule has 8 N–H and O–H groups in total. The minimum Gasteiger partial charge on any atom is -0.481 e. The third-order valence-corrected chi connectivity index (χ3v) is 14.3. The zero-order chi connectivity index (χ0) is 66.4. The number of carboxylic acid groups (broad SMARTS) is 1. The maximum Gasteiger partial charge on any atom is 0.306 e. The quantitative estimate of drug-likeness (QED) is 0.0495. The lowest BCUT2D eigenvalue weighted by molar-refractivity contribution is -0.156. The summed E-state index contributed by atoms with van der Waals surface area (Å²) < 4.78 is 24.0. The molecule has 27 nitrogen and oxygen atoms in total. The summed E-state index contributed by atoms with van der Waals surface area (Å²) in [5.74, 6) is -9.08. The molecule has 482 valence electrons. The molecule has 3 atom stereocenters. The Morgan fingerprint density at radius 1 is 0.500 bits per heavy atom. The van der Waals surface area contributed by atoms with E-state index < -0.39 is 106 Å². The van der Waals surface area contributed by atoms with Gasteiger partial charge in [-0.3, -0.25) is 103 Å². The van der Waals surface area contributed by atoms with E-state index >= 15 is 0 Å². The van der Waals surface area contributed by atoms with E-state index in [0.29, 0.717) is 69.5 Å². The van der Waals surface area contributed by atoms with Crippen LogP contribution in [0.1, 0.15) is 200 Å². The van der Waals surface area contributed by atoms with Crippen LogP contribution in [0.15, 0.2) is 54.6 Å². The van der Waals surface area contributed by atoms with Crippen LogP contribution in [0.3, 0.4) is 0 Å². The van der Waals surface area contributed by atoms with Crippen LogP contribution >= 0.6 is 0 Å². The number of halogens is 1. The van der Waals surface area contributed by atoms with Crippen LogP contribution in [0.4, 0.5) is 15.8 Å². The van der Waals surface area contributed by atoms with Crippen LogP contribution in [-0.2, 0) is 52.6 Å². The first-order valence-electron chi connectivity index (χ1n) is 29.5. The molecule has 3 unspecified atom stereocenters. The second-order valence-electron chi connectivity index (χ2n) is 23.5. The largest absolute Gasteiger partial charge is 0.481 e. The Bertz CT molecular complexity index is 3390. The van der Waals surface area contributed by atoms with Gasteiger partial charge >= 0.3 is 17.9 Å². The number of benzene rings is 3. The molecule has 3 aromatic rings. The second kappa shape index (κ2) is 30.5. The minimum atomic E-state index is -1.07. The third kappa shape index (κ3) is 17.8.